The van der Waals surface area contributed by atoms with Crippen LogP contribution in [0, 0.1) is 6.92 Å². The van der Waals surface area contributed by atoms with Gasteiger partial charge in [-0.3, -0.25) is 4.79 Å². The van der Waals surface area contributed by atoms with Gasteiger partial charge in [0.25, 0.3) is 5.91 Å². The molecule has 1 amide bonds. The van der Waals surface area contributed by atoms with Crippen LogP contribution in [-0.2, 0) is 5.75 Å². The van der Waals surface area contributed by atoms with E-state index in [1.165, 1.54) is 0 Å². The first-order chi connectivity index (χ1) is 12.7. The van der Waals surface area contributed by atoms with Crippen molar-refractivity contribution >= 4 is 34.7 Å². The molecule has 2 aromatic carbocycles. The third kappa shape index (κ3) is 3.61. The summed E-state index contributed by atoms with van der Waals surface area (Å²) in [7, 11) is 0. The van der Waals surface area contributed by atoms with E-state index in [2.05, 4.69) is 10.4 Å². The van der Waals surface area contributed by atoms with Crippen LogP contribution in [0.25, 0.3) is 0 Å². The molecule has 26 heavy (non-hydrogen) atoms. The first kappa shape index (κ1) is 17.1. The molecular formula is C20H18N2O2S2. The highest BCUT2D eigenvalue weighted by atomic mass is 32.2. The van der Waals surface area contributed by atoms with Crippen LogP contribution in [0.3, 0.4) is 0 Å². The lowest BCUT2D eigenvalue weighted by Gasteiger charge is -2.29. The Morgan fingerprint density at radius 2 is 2.04 bits per heavy atom. The molecular weight excluding hydrogens is 364 g/mol. The monoisotopic (exact) mass is 382 g/mol. The fraction of sp³-hybridized carbons (Fsp3) is 0.200. The summed E-state index contributed by atoms with van der Waals surface area (Å²) in [5.74, 6) is 1.61. The minimum absolute atomic E-state index is 0.00688. The zero-order valence-electron chi connectivity index (χ0n) is 14.3. The molecule has 6 heteroatoms. The van der Waals surface area contributed by atoms with Crippen molar-refractivity contribution in [3.8, 4) is 5.75 Å². The van der Waals surface area contributed by atoms with Gasteiger partial charge in [-0.1, -0.05) is 12.1 Å². The maximum atomic E-state index is 12.9. The number of hydrogen-bond donors (Lipinski definition) is 0. The van der Waals surface area contributed by atoms with E-state index >= 15 is 0 Å². The van der Waals surface area contributed by atoms with Crippen LogP contribution in [0.1, 0.15) is 21.1 Å². The number of carbonyl (C=O) groups is 1. The van der Waals surface area contributed by atoms with Gasteiger partial charge in [-0.05, 0) is 43.3 Å². The van der Waals surface area contributed by atoms with E-state index < -0.39 is 0 Å². The Balaban J connectivity index is 1.46. The van der Waals surface area contributed by atoms with Crippen LogP contribution in [0.15, 0.2) is 58.8 Å². The molecule has 1 aliphatic rings. The predicted octanol–water partition coefficient (Wildman–Crippen LogP) is 4.78. The predicted molar refractivity (Wildman–Crippen MR) is 106 cm³/mol. The molecule has 0 radical (unpaired) electrons. The molecule has 4 nitrogen and oxygen atoms in total. The molecule has 2 heterocycles. The summed E-state index contributed by atoms with van der Waals surface area (Å²) in [6, 6.07) is 15.5. The van der Waals surface area contributed by atoms with Crippen molar-refractivity contribution < 1.29 is 9.53 Å². The summed E-state index contributed by atoms with van der Waals surface area (Å²) in [5.41, 5.74) is 2.62. The van der Waals surface area contributed by atoms with Crippen molar-refractivity contribution in [1.29, 1.82) is 0 Å². The minimum atomic E-state index is 0.00688. The van der Waals surface area contributed by atoms with Gasteiger partial charge < -0.3 is 9.64 Å². The molecule has 0 spiro atoms. The second-order valence-corrected chi connectivity index (χ2v) is 8.05. The summed E-state index contributed by atoms with van der Waals surface area (Å²) in [6.07, 6.45) is 0. The van der Waals surface area contributed by atoms with Crippen molar-refractivity contribution in [3.05, 3.63) is 70.2 Å². The third-order valence-electron chi connectivity index (χ3n) is 4.13. The van der Waals surface area contributed by atoms with Gasteiger partial charge in [0.05, 0.1) is 22.9 Å². The van der Waals surface area contributed by atoms with Gasteiger partial charge in [0, 0.05) is 21.6 Å². The first-order valence-corrected chi connectivity index (χ1v) is 10.2. The molecule has 1 aliphatic heterocycles. The fourth-order valence-corrected chi connectivity index (χ4v) is 4.37. The van der Waals surface area contributed by atoms with E-state index in [0.717, 1.165) is 32.8 Å². The van der Waals surface area contributed by atoms with Crippen LogP contribution in [0.5, 0.6) is 5.75 Å². The maximum absolute atomic E-state index is 12.9. The van der Waals surface area contributed by atoms with E-state index in [0.29, 0.717) is 18.7 Å². The van der Waals surface area contributed by atoms with Crippen molar-refractivity contribution in [3.63, 3.8) is 0 Å². The SMILES string of the molecule is Cc1nc(CSc2ccc(C(=O)N3CCOc4ccccc43)cc2)cs1. The molecule has 3 aromatic rings. The number of thioether (sulfide) groups is 1. The number of hydrogen-bond acceptors (Lipinski definition) is 5. The summed E-state index contributed by atoms with van der Waals surface area (Å²) in [4.78, 5) is 20.3. The molecule has 0 saturated heterocycles. The number of ether oxygens (including phenoxy) is 1. The second-order valence-electron chi connectivity index (χ2n) is 5.94. The molecule has 1 aromatic heterocycles. The van der Waals surface area contributed by atoms with Gasteiger partial charge in [-0.15, -0.1) is 23.1 Å². The number of fused-ring (bicyclic) bond motifs is 1. The molecule has 4 rings (SSSR count). The molecule has 0 N–H and O–H groups in total. The van der Waals surface area contributed by atoms with Crippen molar-refractivity contribution in [2.24, 2.45) is 0 Å². The summed E-state index contributed by atoms with van der Waals surface area (Å²) >= 11 is 3.40. The van der Waals surface area contributed by atoms with Gasteiger partial charge in [0.1, 0.15) is 12.4 Å². The van der Waals surface area contributed by atoms with E-state index in [1.54, 1.807) is 28.0 Å². The van der Waals surface area contributed by atoms with E-state index in [4.69, 9.17) is 4.74 Å². The lowest BCUT2D eigenvalue weighted by Crippen LogP contribution is -2.37. The van der Waals surface area contributed by atoms with Crippen LogP contribution < -0.4 is 9.64 Å². The Bertz CT molecular complexity index is 922. The standard InChI is InChI=1S/C20H18N2O2S2/c1-14-21-16(12-25-14)13-26-17-8-6-15(7-9-17)20(23)22-10-11-24-19-5-3-2-4-18(19)22/h2-9,12H,10-11,13H2,1H3. The number of aryl methyl sites for hydroxylation is 1. The molecule has 0 atom stereocenters. The Hall–Kier alpha value is -2.31. The lowest BCUT2D eigenvalue weighted by molar-refractivity contribution is 0.0976. The zero-order chi connectivity index (χ0) is 17.9. The zero-order valence-corrected chi connectivity index (χ0v) is 16.0. The van der Waals surface area contributed by atoms with Crippen LogP contribution in [0.2, 0.25) is 0 Å². The average Bonchev–Trinajstić information content (AvgIpc) is 3.11. The fourth-order valence-electron chi connectivity index (χ4n) is 2.86. The van der Waals surface area contributed by atoms with Crippen molar-refractivity contribution in [1.82, 2.24) is 4.98 Å². The first-order valence-electron chi connectivity index (χ1n) is 8.38. The topological polar surface area (TPSA) is 42.4 Å². The quantitative estimate of drug-likeness (QED) is 0.609. The number of thiazole rings is 1. The second kappa shape index (κ2) is 7.51. The number of benzene rings is 2. The number of anilines is 1. The molecule has 0 aliphatic carbocycles. The van der Waals surface area contributed by atoms with Gasteiger partial charge in [0.2, 0.25) is 0 Å². The van der Waals surface area contributed by atoms with E-state index in [9.17, 15) is 4.79 Å². The molecule has 0 unspecified atom stereocenters. The maximum Gasteiger partial charge on any atom is 0.258 e. The molecule has 0 saturated carbocycles. The summed E-state index contributed by atoms with van der Waals surface area (Å²) in [5, 5.41) is 3.18. The van der Waals surface area contributed by atoms with Crippen molar-refractivity contribution in [2.45, 2.75) is 17.6 Å². The number of nitrogens with zero attached hydrogens (tertiary/aromatic N) is 2. The van der Waals surface area contributed by atoms with Gasteiger partial charge in [-0.25, -0.2) is 4.98 Å². The van der Waals surface area contributed by atoms with Crippen molar-refractivity contribution in [2.75, 3.05) is 18.1 Å². The number of rotatable bonds is 4. The number of aromatic nitrogens is 1. The van der Waals surface area contributed by atoms with Crippen LogP contribution >= 0.6 is 23.1 Å². The Morgan fingerprint density at radius 1 is 1.23 bits per heavy atom. The van der Waals surface area contributed by atoms with Gasteiger partial charge in [0.15, 0.2) is 0 Å². The molecule has 0 fully saturated rings. The smallest absolute Gasteiger partial charge is 0.258 e. The van der Waals surface area contributed by atoms with Gasteiger partial charge >= 0.3 is 0 Å². The summed E-state index contributed by atoms with van der Waals surface area (Å²) in [6.45, 7) is 3.10. The molecule has 132 valence electrons. The van der Waals surface area contributed by atoms with Crippen LogP contribution in [-0.4, -0.2) is 24.0 Å². The van der Waals surface area contributed by atoms with E-state index in [-0.39, 0.29) is 5.91 Å². The highest BCUT2D eigenvalue weighted by Crippen LogP contribution is 2.32. The molecule has 0 bridgehead atoms. The Labute approximate surface area is 160 Å². The van der Waals surface area contributed by atoms with Crippen LogP contribution in [0.4, 0.5) is 5.69 Å². The highest BCUT2D eigenvalue weighted by molar-refractivity contribution is 7.98. The van der Waals surface area contributed by atoms with Gasteiger partial charge in [-0.2, -0.15) is 0 Å². The Morgan fingerprint density at radius 3 is 2.81 bits per heavy atom. The number of para-hydroxylation sites is 2. The third-order valence-corrected chi connectivity index (χ3v) is 6.00. The number of carbonyl (C=O) groups excluding carboxylic acids is 1. The Kier molecular flexibility index (Phi) is 4.95. The normalized spacial score (nSPS) is 13.2. The van der Waals surface area contributed by atoms with E-state index in [1.807, 2.05) is 55.5 Å². The minimum Gasteiger partial charge on any atom is -0.490 e. The summed E-state index contributed by atoms with van der Waals surface area (Å²) < 4.78 is 5.63. The lowest BCUT2D eigenvalue weighted by atomic mass is 10.1. The average molecular weight is 383 g/mol. The largest absolute Gasteiger partial charge is 0.490 e. The highest BCUT2D eigenvalue weighted by Gasteiger charge is 2.24. The number of amides is 1.